The minimum Gasteiger partial charge on any atom is -0.450 e. The highest BCUT2D eigenvalue weighted by Gasteiger charge is 2.15. The summed E-state index contributed by atoms with van der Waals surface area (Å²) < 4.78 is 10.5. The first-order chi connectivity index (χ1) is 15.0. The maximum atomic E-state index is 12.2. The van der Waals surface area contributed by atoms with Crippen LogP contribution in [0.15, 0.2) is 88.1 Å². The first kappa shape index (κ1) is 20.1. The van der Waals surface area contributed by atoms with Crippen molar-refractivity contribution in [2.45, 2.75) is 6.92 Å². The zero-order valence-electron chi connectivity index (χ0n) is 16.8. The van der Waals surface area contributed by atoms with Gasteiger partial charge in [0.25, 0.3) is 5.91 Å². The second-order valence-corrected chi connectivity index (χ2v) is 7.04. The lowest BCUT2D eigenvalue weighted by atomic mass is 10.1. The molecule has 0 radical (unpaired) electrons. The summed E-state index contributed by atoms with van der Waals surface area (Å²) in [6, 6.07) is 23.3. The van der Waals surface area contributed by atoms with Gasteiger partial charge in [0.15, 0.2) is 12.0 Å². The van der Waals surface area contributed by atoms with E-state index in [9.17, 15) is 14.4 Å². The van der Waals surface area contributed by atoms with Gasteiger partial charge in [-0.05, 0) is 42.3 Å². The van der Waals surface area contributed by atoms with Crippen molar-refractivity contribution in [2.24, 2.45) is 0 Å². The third-order valence-corrected chi connectivity index (χ3v) is 4.69. The Labute approximate surface area is 178 Å². The number of nitrogens with one attached hydrogen (secondary N) is 1. The Kier molecular flexibility index (Phi) is 5.62. The number of esters is 1. The lowest BCUT2D eigenvalue weighted by Gasteiger charge is -2.08. The van der Waals surface area contributed by atoms with Crippen molar-refractivity contribution < 1.29 is 18.7 Å². The van der Waals surface area contributed by atoms with Crippen LogP contribution in [-0.4, -0.2) is 18.5 Å². The standard InChI is InChI=1S/C25H19NO5/c1-16-7-12-22-20(13-16)21(27)14-23(31-22)25(29)30-15-24(28)26-19-10-8-18(9-11-19)17-5-3-2-4-6-17/h2-14H,15H2,1H3,(H,26,28). The van der Waals surface area contributed by atoms with Crippen molar-refractivity contribution in [1.29, 1.82) is 0 Å². The summed E-state index contributed by atoms with van der Waals surface area (Å²) in [5.74, 6) is -1.63. The molecule has 1 heterocycles. The first-order valence-corrected chi connectivity index (χ1v) is 9.66. The highest BCUT2D eigenvalue weighted by molar-refractivity contribution is 5.95. The van der Waals surface area contributed by atoms with E-state index in [0.717, 1.165) is 22.8 Å². The molecule has 3 aromatic carbocycles. The SMILES string of the molecule is Cc1ccc2oc(C(=O)OCC(=O)Nc3ccc(-c4ccccc4)cc3)cc(=O)c2c1. The molecular weight excluding hydrogens is 394 g/mol. The molecule has 31 heavy (non-hydrogen) atoms. The minimum absolute atomic E-state index is 0.249. The summed E-state index contributed by atoms with van der Waals surface area (Å²) in [4.78, 5) is 36.6. The summed E-state index contributed by atoms with van der Waals surface area (Å²) in [7, 11) is 0. The molecule has 6 heteroatoms. The molecule has 4 rings (SSSR count). The van der Waals surface area contributed by atoms with Gasteiger partial charge >= 0.3 is 5.97 Å². The first-order valence-electron chi connectivity index (χ1n) is 9.66. The third kappa shape index (κ3) is 4.70. The molecule has 0 spiro atoms. The highest BCUT2D eigenvalue weighted by atomic mass is 16.5. The smallest absolute Gasteiger partial charge is 0.374 e. The molecular formula is C25H19NO5. The summed E-state index contributed by atoms with van der Waals surface area (Å²) in [6.07, 6.45) is 0. The van der Waals surface area contributed by atoms with Gasteiger partial charge in [0.05, 0.1) is 5.39 Å². The summed E-state index contributed by atoms with van der Waals surface area (Å²) >= 11 is 0. The molecule has 1 N–H and O–H groups in total. The molecule has 0 aliphatic carbocycles. The Morgan fingerprint density at radius 2 is 1.61 bits per heavy atom. The van der Waals surface area contributed by atoms with Crippen molar-refractivity contribution in [2.75, 3.05) is 11.9 Å². The molecule has 1 amide bonds. The van der Waals surface area contributed by atoms with Gasteiger partial charge in [-0.15, -0.1) is 0 Å². The van der Waals surface area contributed by atoms with E-state index in [0.29, 0.717) is 11.1 Å². The Morgan fingerprint density at radius 3 is 2.35 bits per heavy atom. The molecule has 0 saturated carbocycles. The van der Waals surface area contributed by atoms with Crippen LogP contribution in [0.4, 0.5) is 5.69 Å². The zero-order chi connectivity index (χ0) is 21.8. The van der Waals surface area contributed by atoms with E-state index >= 15 is 0 Å². The van der Waals surface area contributed by atoms with Gasteiger partial charge in [0.2, 0.25) is 5.76 Å². The Bertz CT molecular complexity index is 1310. The molecule has 0 atom stereocenters. The van der Waals surface area contributed by atoms with Gasteiger partial charge in [-0.1, -0.05) is 54.1 Å². The Hall–Kier alpha value is -4.19. The number of amides is 1. The van der Waals surface area contributed by atoms with Crippen molar-refractivity contribution in [1.82, 2.24) is 0 Å². The number of anilines is 1. The summed E-state index contributed by atoms with van der Waals surface area (Å²) in [5.41, 5.74) is 3.51. The van der Waals surface area contributed by atoms with Gasteiger partial charge in [-0.3, -0.25) is 9.59 Å². The largest absolute Gasteiger partial charge is 0.450 e. The normalized spacial score (nSPS) is 10.6. The lowest BCUT2D eigenvalue weighted by molar-refractivity contribution is -0.119. The fourth-order valence-corrected chi connectivity index (χ4v) is 3.15. The summed E-state index contributed by atoms with van der Waals surface area (Å²) in [6.45, 7) is 1.35. The van der Waals surface area contributed by atoms with Crippen molar-refractivity contribution in [3.63, 3.8) is 0 Å². The number of rotatable bonds is 5. The lowest BCUT2D eigenvalue weighted by Crippen LogP contribution is -2.21. The van der Waals surface area contributed by atoms with E-state index in [1.165, 1.54) is 0 Å². The molecule has 0 bridgehead atoms. The maximum Gasteiger partial charge on any atom is 0.374 e. The molecule has 154 valence electrons. The number of hydrogen-bond donors (Lipinski definition) is 1. The quantitative estimate of drug-likeness (QED) is 0.485. The predicted molar refractivity (Wildman–Crippen MR) is 118 cm³/mol. The molecule has 0 fully saturated rings. The van der Waals surface area contributed by atoms with E-state index in [-0.39, 0.29) is 16.8 Å². The van der Waals surface area contributed by atoms with Crippen LogP contribution in [0.25, 0.3) is 22.1 Å². The van der Waals surface area contributed by atoms with Crippen LogP contribution in [0, 0.1) is 6.92 Å². The van der Waals surface area contributed by atoms with Crippen molar-refractivity contribution in [3.05, 3.63) is 100 Å². The average molecular weight is 413 g/mol. The number of hydrogen-bond acceptors (Lipinski definition) is 5. The molecule has 6 nitrogen and oxygen atoms in total. The van der Waals surface area contributed by atoms with Crippen LogP contribution in [-0.2, 0) is 9.53 Å². The van der Waals surface area contributed by atoms with E-state index < -0.39 is 18.5 Å². The van der Waals surface area contributed by atoms with Crippen molar-refractivity contribution in [3.8, 4) is 11.1 Å². The van der Waals surface area contributed by atoms with Crippen LogP contribution in [0.2, 0.25) is 0 Å². The van der Waals surface area contributed by atoms with Gasteiger partial charge in [0, 0.05) is 11.8 Å². The minimum atomic E-state index is -0.880. The third-order valence-electron chi connectivity index (χ3n) is 4.69. The molecule has 4 aromatic rings. The van der Waals surface area contributed by atoms with E-state index in [1.807, 2.05) is 49.4 Å². The van der Waals surface area contributed by atoms with Crippen LogP contribution in [0.5, 0.6) is 0 Å². The zero-order valence-corrected chi connectivity index (χ0v) is 16.8. The monoisotopic (exact) mass is 413 g/mol. The highest BCUT2D eigenvalue weighted by Crippen LogP contribution is 2.21. The fraction of sp³-hybridized carbons (Fsp3) is 0.0800. The number of benzene rings is 3. The molecule has 0 aliphatic rings. The molecule has 1 aromatic heterocycles. The van der Waals surface area contributed by atoms with Gasteiger partial charge in [0.1, 0.15) is 5.58 Å². The second-order valence-electron chi connectivity index (χ2n) is 7.04. The van der Waals surface area contributed by atoms with Gasteiger partial charge < -0.3 is 14.5 Å². The van der Waals surface area contributed by atoms with Crippen LogP contribution < -0.4 is 10.7 Å². The van der Waals surface area contributed by atoms with E-state index in [2.05, 4.69) is 5.32 Å². The molecule has 0 saturated heterocycles. The molecule has 0 unspecified atom stereocenters. The number of carbonyl (C=O) groups is 2. The Balaban J connectivity index is 1.37. The van der Waals surface area contributed by atoms with Gasteiger partial charge in [-0.25, -0.2) is 4.79 Å². The second kappa shape index (κ2) is 8.67. The average Bonchev–Trinajstić information content (AvgIpc) is 2.79. The van der Waals surface area contributed by atoms with Crippen LogP contribution in [0.1, 0.15) is 16.1 Å². The number of carbonyl (C=O) groups excluding carboxylic acids is 2. The van der Waals surface area contributed by atoms with E-state index in [4.69, 9.17) is 9.15 Å². The Morgan fingerprint density at radius 1 is 0.903 bits per heavy atom. The number of fused-ring (bicyclic) bond motifs is 1. The fourth-order valence-electron chi connectivity index (χ4n) is 3.15. The maximum absolute atomic E-state index is 12.2. The number of ether oxygens (including phenoxy) is 1. The van der Waals surface area contributed by atoms with Crippen molar-refractivity contribution >= 4 is 28.5 Å². The van der Waals surface area contributed by atoms with Crippen LogP contribution >= 0.6 is 0 Å². The van der Waals surface area contributed by atoms with Gasteiger partial charge in [-0.2, -0.15) is 0 Å². The number of aryl methyl sites for hydroxylation is 1. The predicted octanol–water partition coefficient (Wildman–Crippen LogP) is 4.56. The van der Waals surface area contributed by atoms with Crippen LogP contribution in [0.3, 0.4) is 0 Å². The van der Waals surface area contributed by atoms with E-state index in [1.54, 1.807) is 30.3 Å². The summed E-state index contributed by atoms with van der Waals surface area (Å²) in [5, 5.41) is 3.05. The topological polar surface area (TPSA) is 85.6 Å². The molecule has 0 aliphatic heterocycles.